The standard InChI is InChI=1S/C10H14IN3O/c1-10(2)4-3-6(10)14-8-7(11)9(15)13-5-12-8/h5-6H,3-4H2,1-2H3,(H2,12,13,14,15). The highest BCUT2D eigenvalue weighted by molar-refractivity contribution is 14.1. The van der Waals surface area contributed by atoms with Gasteiger partial charge in [-0.2, -0.15) is 0 Å². The predicted octanol–water partition coefficient (Wildman–Crippen LogP) is 1.97. The van der Waals surface area contributed by atoms with Crippen LogP contribution in [0.5, 0.6) is 0 Å². The number of aromatic amines is 1. The molecule has 1 unspecified atom stereocenters. The zero-order chi connectivity index (χ0) is 11.1. The van der Waals surface area contributed by atoms with Crippen LogP contribution in [0.3, 0.4) is 0 Å². The van der Waals surface area contributed by atoms with Gasteiger partial charge in [-0.1, -0.05) is 13.8 Å². The summed E-state index contributed by atoms with van der Waals surface area (Å²) >= 11 is 2.02. The number of anilines is 1. The molecule has 1 aromatic heterocycles. The summed E-state index contributed by atoms with van der Waals surface area (Å²) in [7, 11) is 0. The van der Waals surface area contributed by atoms with Crippen molar-refractivity contribution in [1.82, 2.24) is 9.97 Å². The maximum absolute atomic E-state index is 11.3. The maximum atomic E-state index is 11.3. The second kappa shape index (κ2) is 3.77. The molecular formula is C10H14IN3O. The first-order valence-corrected chi connectivity index (χ1v) is 6.08. The molecule has 5 heteroatoms. The lowest BCUT2D eigenvalue weighted by atomic mass is 9.67. The number of rotatable bonds is 2. The Bertz CT molecular complexity index is 427. The third-order valence-electron chi connectivity index (χ3n) is 3.13. The highest BCUT2D eigenvalue weighted by Crippen LogP contribution is 2.41. The number of nitrogens with zero attached hydrogens (tertiary/aromatic N) is 1. The second-order valence-corrected chi connectivity index (χ2v) is 5.70. The molecule has 1 aliphatic carbocycles. The van der Waals surface area contributed by atoms with E-state index in [-0.39, 0.29) is 5.56 Å². The fourth-order valence-electron chi connectivity index (χ4n) is 1.78. The lowest BCUT2D eigenvalue weighted by molar-refractivity contribution is 0.159. The first-order chi connectivity index (χ1) is 7.00. The Balaban J connectivity index is 2.18. The average molecular weight is 319 g/mol. The van der Waals surface area contributed by atoms with Crippen LogP contribution < -0.4 is 10.9 Å². The van der Waals surface area contributed by atoms with E-state index < -0.39 is 0 Å². The van der Waals surface area contributed by atoms with Gasteiger partial charge >= 0.3 is 0 Å². The summed E-state index contributed by atoms with van der Waals surface area (Å²) in [5, 5.41) is 3.34. The normalized spacial score (nSPS) is 23.3. The zero-order valence-electron chi connectivity index (χ0n) is 8.80. The Morgan fingerprint density at radius 2 is 2.40 bits per heavy atom. The Morgan fingerprint density at radius 3 is 2.93 bits per heavy atom. The molecule has 1 aromatic rings. The number of aromatic nitrogens is 2. The van der Waals surface area contributed by atoms with Crippen LogP contribution in [-0.2, 0) is 0 Å². The van der Waals surface area contributed by atoms with Crippen molar-refractivity contribution in [2.75, 3.05) is 5.32 Å². The SMILES string of the molecule is CC1(C)CCC1Nc1nc[nH]c(=O)c1I. The summed E-state index contributed by atoms with van der Waals surface area (Å²) in [6.45, 7) is 4.46. The van der Waals surface area contributed by atoms with E-state index in [4.69, 9.17) is 0 Å². The van der Waals surface area contributed by atoms with Gasteiger partial charge in [0.2, 0.25) is 0 Å². The van der Waals surface area contributed by atoms with Crippen molar-refractivity contribution in [3.8, 4) is 0 Å². The van der Waals surface area contributed by atoms with E-state index in [1.54, 1.807) is 0 Å². The predicted molar refractivity (Wildman–Crippen MR) is 68.0 cm³/mol. The van der Waals surface area contributed by atoms with Gasteiger partial charge < -0.3 is 10.3 Å². The van der Waals surface area contributed by atoms with Crippen LogP contribution in [0, 0.1) is 8.99 Å². The largest absolute Gasteiger partial charge is 0.366 e. The number of halogens is 1. The van der Waals surface area contributed by atoms with Crippen molar-refractivity contribution >= 4 is 28.4 Å². The van der Waals surface area contributed by atoms with E-state index in [1.807, 2.05) is 22.6 Å². The fourth-order valence-corrected chi connectivity index (χ4v) is 2.23. The highest BCUT2D eigenvalue weighted by atomic mass is 127. The van der Waals surface area contributed by atoms with Gasteiger partial charge in [0.25, 0.3) is 5.56 Å². The van der Waals surface area contributed by atoms with E-state index in [9.17, 15) is 4.79 Å². The second-order valence-electron chi connectivity index (χ2n) is 4.62. The van der Waals surface area contributed by atoms with E-state index in [0.717, 1.165) is 6.42 Å². The quantitative estimate of drug-likeness (QED) is 0.820. The molecule has 1 fully saturated rings. The molecule has 1 saturated carbocycles. The van der Waals surface area contributed by atoms with E-state index in [2.05, 4.69) is 29.1 Å². The van der Waals surface area contributed by atoms with Crippen LogP contribution >= 0.6 is 22.6 Å². The summed E-state index contributed by atoms with van der Waals surface area (Å²) in [5.41, 5.74) is 0.234. The maximum Gasteiger partial charge on any atom is 0.266 e. The minimum Gasteiger partial charge on any atom is -0.366 e. The summed E-state index contributed by atoms with van der Waals surface area (Å²) in [6, 6.07) is 0.431. The monoisotopic (exact) mass is 319 g/mol. The molecular weight excluding hydrogens is 305 g/mol. The third-order valence-corrected chi connectivity index (χ3v) is 4.13. The molecule has 1 heterocycles. The van der Waals surface area contributed by atoms with Crippen LogP contribution in [0.25, 0.3) is 0 Å². The van der Waals surface area contributed by atoms with E-state index >= 15 is 0 Å². The minimum atomic E-state index is -0.0785. The van der Waals surface area contributed by atoms with Crippen molar-refractivity contribution in [3.05, 3.63) is 20.3 Å². The van der Waals surface area contributed by atoms with Crippen molar-refractivity contribution < 1.29 is 0 Å². The molecule has 0 amide bonds. The Hall–Kier alpha value is -0.590. The van der Waals surface area contributed by atoms with Crippen LogP contribution in [0.1, 0.15) is 26.7 Å². The van der Waals surface area contributed by atoms with Gasteiger partial charge in [0.15, 0.2) is 0 Å². The molecule has 0 bridgehead atoms. The van der Waals surface area contributed by atoms with Gasteiger partial charge in [0.1, 0.15) is 9.39 Å². The number of hydrogen-bond donors (Lipinski definition) is 2. The van der Waals surface area contributed by atoms with Crippen LogP contribution in [0.2, 0.25) is 0 Å². The topological polar surface area (TPSA) is 57.8 Å². The molecule has 1 aliphatic rings. The average Bonchev–Trinajstić information content (AvgIpc) is 2.19. The Morgan fingerprint density at radius 1 is 1.67 bits per heavy atom. The lowest BCUT2D eigenvalue weighted by Crippen LogP contribution is -2.46. The van der Waals surface area contributed by atoms with Crippen LogP contribution in [-0.4, -0.2) is 16.0 Å². The van der Waals surface area contributed by atoms with Crippen molar-refractivity contribution in [2.24, 2.45) is 5.41 Å². The van der Waals surface area contributed by atoms with Gasteiger partial charge in [-0.15, -0.1) is 0 Å². The summed E-state index contributed by atoms with van der Waals surface area (Å²) in [6.07, 6.45) is 3.82. The Labute approximate surface area is 102 Å². The molecule has 4 nitrogen and oxygen atoms in total. The molecule has 0 radical (unpaired) electrons. The first kappa shape index (κ1) is 10.9. The third kappa shape index (κ3) is 2.02. The minimum absolute atomic E-state index is 0.0785. The molecule has 0 aromatic carbocycles. The molecule has 0 saturated heterocycles. The van der Waals surface area contributed by atoms with Gasteiger partial charge in [0.05, 0.1) is 6.33 Å². The van der Waals surface area contributed by atoms with Crippen molar-refractivity contribution in [1.29, 1.82) is 0 Å². The molecule has 1 atom stereocenters. The Kier molecular flexibility index (Phi) is 2.74. The molecule has 2 N–H and O–H groups in total. The first-order valence-electron chi connectivity index (χ1n) is 5.00. The smallest absolute Gasteiger partial charge is 0.266 e. The summed E-state index contributed by atoms with van der Waals surface area (Å²) < 4.78 is 0.637. The fraction of sp³-hybridized carbons (Fsp3) is 0.600. The molecule has 15 heavy (non-hydrogen) atoms. The van der Waals surface area contributed by atoms with Gasteiger partial charge in [-0.3, -0.25) is 4.79 Å². The van der Waals surface area contributed by atoms with Gasteiger partial charge in [-0.25, -0.2) is 4.98 Å². The molecule has 0 aliphatic heterocycles. The van der Waals surface area contributed by atoms with Gasteiger partial charge in [-0.05, 0) is 40.8 Å². The lowest BCUT2D eigenvalue weighted by Gasteiger charge is -2.45. The van der Waals surface area contributed by atoms with E-state index in [0.29, 0.717) is 20.8 Å². The number of H-pyrrole nitrogens is 1. The summed E-state index contributed by atoms with van der Waals surface area (Å²) in [5.74, 6) is 0.706. The van der Waals surface area contributed by atoms with Crippen LogP contribution in [0.4, 0.5) is 5.82 Å². The van der Waals surface area contributed by atoms with Crippen molar-refractivity contribution in [3.63, 3.8) is 0 Å². The van der Waals surface area contributed by atoms with Crippen LogP contribution in [0.15, 0.2) is 11.1 Å². The number of nitrogens with one attached hydrogen (secondary N) is 2. The number of hydrogen-bond acceptors (Lipinski definition) is 3. The molecule has 82 valence electrons. The van der Waals surface area contributed by atoms with Crippen molar-refractivity contribution in [2.45, 2.75) is 32.7 Å². The zero-order valence-corrected chi connectivity index (χ0v) is 11.0. The van der Waals surface area contributed by atoms with Gasteiger partial charge in [0, 0.05) is 6.04 Å². The molecule has 2 rings (SSSR count). The van der Waals surface area contributed by atoms with E-state index in [1.165, 1.54) is 12.7 Å². The summed E-state index contributed by atoms with van der Waals surface area (Å²) in [4.78, 5) is 18.1. The molecule has 0 spiro atoms. The highest BCUT2D eigenvalue weighted by Gasteiger charge is 2.38.